The molecule has 0 unspecified atom stereocenters. The summed E-state index contributed by atoms with van der Waals surface area (Å²) < 4.78 is 29.7. The maximum atomic E-state index is 13.4. The third-order valence-electron chi connectivity index (χ3n) is 3.97. The van der Waals surface area contributed by atoms with Crippen molar-refractivity contribution in [3.8, 4) is 0 Å². The normalized spacial score (nSPS) is 31.4. The zero-order valence-electron chi connectivity index (χ0n) is 13.3. The summed E-state index contributed by atoms with van der Waals surface area (Å²) in [5, 5.41) is 0. The van der Waals surface area contributed by atoms with Gasteiger partial charge < -0.3 is 13.8 Å². The minimum Gasteiger partial charge on any atom is -0.469 e. The molecule has 0 saturated heterocycles. The van der Waals surface area contributed by atoms with E-state index >= 15 is 0 Å². The lowest BCUT2D eigenvalue weighted by atomic mass is 9.93. The molecule has 5 nitrogen and oxygen atoms in total. The number of allylic oxidation sites excluding steroid dienone is 2. The van der Waals surface area contributed by atoms with Crippen LogP contribution in [0, 0.1) is 17.8 Å². The number of fused-ring (bicyclic) bond motifs is 2. The van der Waals surface area contributed by atoms with Crippen LogP contribution < -0.4 is 0 Å². The van der Waals surface area contributed by atoms with Gasteiger partial charge in [0.1, 0.15) is 0 Å². The minimum absolute atomic E-state index is 0.0578. The van der Waals surface area contributed by atoms with Crippen molar-refractivity contribution >= 4 is 13.6 Å². The van der Waals surface area contributed by atoms with Gasteiger partial charge in [0.15, 0.2) is 0 Å². The highest BCUT2D eigenvalue weighted by Gasteiger charge is 2.58. The van der Waals surface area contributed by atoms with E-state index in [1.54, 1.807) is 0 Å². The molecule has 0 aromatic heterocycles. The van der Waals surface area contributed by atoms with Gasteiger partial charge >= 0.3 is 13.6 Å². The number of carbonyl (C=O) groups is 1. The Bertz CT molecular complexity index is 457. The van der Waals surface area contributed by atoms with E-state index in [1.807, 2.05) is 39.8 Å². The molecule has 4 atom stereocenters. The Hall–Kier alpha value is -0.640. The van der Waals surface area contributed by atoms with Gasteiger partial charge in [0.05, 0.1) is 30.9 Å². The molecular formula is C15H25O5P. The summed E-state index contributed by atoms with van der Waals surface area (Å²) >= 11 is 0. The Kier molecular flexibility index (Phi) is 4.96. The predicted molar refractivity (Wildman–Crippen MR) is 80.1 cm³/mol. The molecule has 0 amide bonds. The molecule has 2 aliphatic carbocycles. The second-order valence-corrected chi connectivity index (χ2v) is 8.43. The van der Waals surface area contributed by atoms with Crippen LogP contribution in [0.3, 0.4) is 0 Å². The Morgan fingerprint density at radius 2 is 1.62 bits per heavy atom. The van der Waals surface area contributed by atoms with Crippen molar-refractivity contribution in [1.29, 1.82) is 0 Å². The Morgan fingerprint density at radius 1 is 1.10 bits per heavy atom. The van der Waals surface area contributed by atoms with E-state index in [-0.39, 0.29) is 30.0 Å². The van der Waals surface area contributed by atoms with Gasteiger partial charge in [-0.3, -0.25) is 9.36 Å². The van der Waals surface area contributed by atoms with Crippen LogP contribution in [0.5, 0.6) is 0 Å². The average molecular weight is 316 g/mol. The fourth-order valence-corrected chi connectivity index (χ4v) is 6.36. The fraction of sp³-hybridized carbons (Fsp3) is 0.800. The molecule has 2 aliphatic rings. The van der Waals surface area contributed by atoms with E-state index in [0.29, 0.717) is 0 Å². The van der Waals surface area contributed by atoms with Crippen molar-refractivity contribution < 1.29 is 23.1 Å². The largest absolute Gasteiger partial charge is 0.469 e. The second kappa shape index (κ2) is 6.23. The Morgan fingerprint density at radius 3 is 2.10 bits per heavy atom. The minimum atomic E-state index is -3.40. The summed E-state index contributed by atoms with van der Waals surface area (Å²) in [6, 6.07) is 0. The Labute approximate surface area is 126 Å². The molecule has 120 valence electrons. The number of hydrogen-bond donors (Lipinski definition) is 0. The highest BCUT2D eigenvalue weighted by Crippen LogP contribution is 2.66. The van der Waals surface area contributed by atoms with E-state index < -0.39 is 19.2 Å². The van der Waals surface area contributed by atoms with Gasteiger partial charge in [0, 0.05) is 0 Å². The van der Waals surface area contributed by atoms with Crippen molar-refractivity contribution in [2.45, 2.75) is 52.0 Å². The molecule has 0 radical (unpaired) electrons. The van der Waals surface area contributed by atoms with Gasteiger partial charge in [-0.05, 0) is 46.0 Å². The molecule has 0 aromatic carbocycles. The number of esters is 1. The van der Waals surface area contributed by atoms with Crippen LogP contribution in [0.15, 0.2) is 12.2 Å². The number of hydrogen-bond acceptors (Lipinski definition) is 5. The summed E-state index contributed by atoms with van der Waals surface area (Å²) in [6.45, 7) is 7.30. The van der Waals surface area contributed by atoms with E-state index in [4.69, 9.17) is 13.8 Å². The summed E-state index contributed by atoms with van der Waals surface area (Å²) in [7, 11) is -2.03. The van der Waals surface area contributed by atoms with E-state index in [0.717, 1.165) is 6.42 Å². The Balaban J connectivity index is 2.35. The van der Waals surface area contributed by atoms with Crippen molar-refractivity contribution in [2.75, 3.05) is 7.11 Å². The van der Waals surface area contributed by atoms with Crippen LogP contribution in [0.2, 0.25) is 0 Å². The van der Waals surface area contributed by atoms with Crippen LogP contribution >= 0.6 is 7.60 Å². The van der Waals surface area contributed by atoms with Crippen LogP contribution in [0.25, 0.3) is 0 Å². The number of carbonyl (C=O) groups excluding carboxylic acids is 1. The number of methoxy groups -OCH3 is 1. The van der Waals surface area contributed by atoms with Crippen LogP contribution in [-0.2, 0) is 23.1 Å². The predicted octanol–water partition coefficient (Wildman–Crippen LogP) is 3.39. The number of ether oxygens (including phenoxy) is 1. The molecule has 0 N–H and O–H groups in total. The molecule has 1 fully saturated rings. The lowest BCUT2D eigenvalue weighted by molar-refractivity contribution is -0.146. The molecule has 0 aliphatic heterocycles. The highest BCUT2D eigenvalue weighted by atomic mass is 31.2. The third kappa shape index (κ3) is 3.25. The van der Waals surface area contributed by atoms with Gasteiger partial charge in [0.25, 0.3) is 0 Å². The third-order valence-corrected chi connectivity index (χ3v) is 6.84. The van der Waals surface area contributed by atoms with Crippen molar-refractivity contribution in [1.82, 2.24) is 0 Å². The van der Waals surface area contributed by atoms with E-state index in [2.05, 4.69) is 0 Å². The molecular weight excluding hydrogens is 291 g/mol. The standard InChI is InChI=1S/C15H25O5P/c1-9(2)19-21(17,20-10(3)4)14-12-7-6-11(8-12)13(14)15(16)18-5/h6-7,9-14H,8H2,1-5H3/t11-,12+,13-,14-/m0/s1. The first-order valence-electron chi connectivity index (χ1n) is 7.51. The first-order valence-corrected chi connectivity index (χ1v) is 9.12. The lowest BCUT2D eigenvalue weighted by Crippen LogP contribution is -2.35. The summed E-state index contributed by atoms with van der Waals surface area (Å²) in [5.41, 5.74) is -0.440. The van der Waals surface area contributed by atoms with Crippen molar-refractivity contribution in [3.05, 3.63) is 12.2 Å². The quantitative estimate of drug-likeness (QED) is 0.427. The van der Waals surface area contributed by atoms with Crippen LogP contribution in [-0.4, -0.2) is 30.9 Å². The van der Waals surface area contributed by atoms with Crippen molar-refractivity contribution in [2.24, 2.45) is 17.8 Å². The molecule has 2 rings (SSSR count). The smallest absolute Gasteiger partial charge is 0.335 e. The molecule has 0 aromatic rings. The molecule has 0 heterocycles. The molecule has 1 saturated carbocycles. The average Bonchev–Trinajstić information content (AvgIpc) is 2.95. The number of rotatable bonds is 6. The lowest BCUT2D eigenvalue weighted by Gasteiger charge is -2.34. The topological polar surface area (TPSA) is 61.8 Å². The van der Waals surface area contributed by atoms with Gasteiger partial charge in [-0.2, -0.15) is 0 Å². The summed E-state index contributed by atoms with van der Waals surface area (Å²) in [5.74, 6) is -0.625. The van der Waals surface area contributed by atoms with Crippen LogP contribution in [0.1, 0.15) is 34.1 Å². The monoisotopic (exact) mass is 316 g/mol. The first-order chi connectivity index (χ1) is 9.78. The van der Waals surface area contributed by atoms with Gasteiger partial charge in [0.2, 0.25) is 0 Å². The second-order valence-electron chi connectivity index (χ2n) is 6.34. The van der Waals surface area contributed by atoms with Gasteiger partial charge in [-0.25, -0.2) is 0 Å². The fourth-order valence-electron chi connectivity index (χ4n) is 3.43. The maximum Gasteiger partial charge on any atom is 0.335 e. The SMILES string of the molecule is COC(=O)[C@@H]1[C@@H](P(=O)(OC(C)C)OC(C)C)[C@@H]2C=C[C@H]1C2. The first kappa shape index (κ1) is 16.7. The van der Waals surface area contributed by atoms with E-state index in [9.17, 15) is 9.36 Å². The van der Waals surface area contributed by atoms with Crippen molar-refractivity contribution in [3.63, 3.8) is 0 Å². The van der Waals surface area contributed by atoms with Gasteiger partial charge in [-0.1, -0.05) is 12.2 Å². The zero-order valence-corrected chi connectivity index (χ0v) is 14.2. The van der Waals surface area contributed by atoms with Gasteiger partial charge in [-0.15, -0.1) is 0 Å². The zero-order chi connectivity index (χ0) is 15.8. The summed E-state index contributed by atoms with van der Waals surface area (Å²) in [6.07, 6.45) is 4.43. The summed E-state index contributed by atoms with van der Waals surface area (Å²) in [4.78, 5) is 12.1. The highest BCUT2D eigenvalue weighted by molar-refractivity contribution is 7.54. The molecule has 6 heteroatoms. The molecule has 0 spiro atoms. The maximum absolute atomic E-state index is 13.4. The van der Waals surface area contributed by atoms with Crippen LogP contribution in [0.4, 0.5) is 0 Å². The molecule has 2 bridgehead atoms. The molecule has 21 heavy (non-hydrogen) atoms. The van der Waals surface area contributed by atoms with E-state index in [1.165, 1.54) is 7.11 Å².